The molecule has 0 aromatic heterocycles. The van der Waals surface area contributed by atoms with E-state index in [1.165, 1.54) is 6.92 Å². The molecule has 1 aliphatic heterocycles. The van der Waals surface area contributed by atoms with Gasteiger partial charge in [0.15, 0.2) is 5.78 Å². The maximum absolute atomic E-state index is 12.9. The van der Waals surface area contributed by atoms with Gasteiger partial charge in [0.25, 0.3) is 0 Å². The lowest BCUT2D eigenvalue weighted by molar-refractivity contribution is -0.217. The SMILES string of the molecule is CC(=O)O[C@@H]1[C@@H](O)[C@@H]2O[C@@H]3[C@@H]4C[C@]4(C)CC[C@]3(CO)[C@]1(C)C2=O. The molecule has 2 N–H and O–H groups in total. The number of hydrogen-bond acceptors (Lipinski definition) is 6. The number of fused-ring (bicyclic) bond motifs is 6. The molecule has 0 unspecified atom stereocenters. The number of carbonyl (C=O) groups is 2. The second-order valence-corrected chi connectivity index (χ2v) is 8.34. The van der Waals surface area contributed by atoms with Crippen molar-refractivity contribution in [3.63, 3.8) is 0 Å². The van der Waals surface area contributed by atoms with Crippen LogP contribution in [-0.4, -0.2) is 53.0 Å². The van der Waals surface area contributed by atoms with Gasteiger partial charge in [0.05, 0.1) is 18.1 Å². The fraction of sp³-hybridized carbons (Fsp3) is 0.882. The molecule has 4 fully saturated rings. The first kappa shape index (κ1) is 15.5. The first-order valence-corrected chi connectivity index (χ1v) is 8.37. The highest BCUT2D eigenvalue weighted by atomic mass is 16.6. The van der Waals surface area contributed by atoms with Gasteiger partial charge in [-0.05, 0) is 37.5 Å². The molecule has 0 aromatic rings. The van der Waals surface area contributed by atoms with Crippen LogP contribution in [0.2, 0.25) is 0 Å². The molecule has 0 aromatic carbocycles. The van der Waals surface area contributed by atoms with Crippen molar-refractivity contribution in [1.82, 2.24) is 0 Å². The average Bonchev–Trinajstić information content (AvgIpc) is 3.16. The van der Waals surface area contributed by atoms with Crippen LogP contribution in [0, 0.1) is 22.2 Å². The first-order chi connectivity index (χ1) is 10.7. The van der Waals surface area contributed by atoms with E-state index in [2.05, 4.69) is 6.92 Å². The number of ether oxygens (including phenoxy) is 2. The molecule has 6 heteroatoms. The van der Waals surface area contributed by atoms with E-state index in [9.17, 15) is 19.8 Å². The van der Waals surface area contributed by atoms with Gasteiger partial charge in [0, 0.05) is 12.3 Å². The standard InChI is InChI=1S/C17H24O6/c1-8(19)22-14-10(20)11-12(21)16(14,3)17(7-18)5-4-15(2)6-9(15)13(17)23-11/h9-11,13-14,18,20H,4-7H2,1-3H3/t9-,10-,11-,13+,14+,15-,16+,17+/m0/s1. The van der Waals surface area contributed by atoms with Crippen molar-refractivity contribution in [3.05, 3.63) is 0 Å². The van der Waals surface area contributed by atoms with Gasteiger partial charge in [-0.1, -0.05) is 6.92 Å². The van der Waals surface area contributed by atoms with E-state index in [-0.39, 0.29) is 23.9 Å². The van der Waals surface area contributed by atoms with E-state index in [1.807, 2.05) is 0 Å². The monoisotopic (exact) mass is 324 g/mol. The maximum Gasteiger partial charge on any atom is 0.303 e. The van der Waals surface area contributed by atoms with E-state index in [0.29, 0.717) is 12.3 Å². The minimum Gasteiger partial charge on any atom is -0.459 e. The van der Waals surface area contributed by atoms with Gasteiger partial charge in [-0.25, -0.2) is 0 Å². The zero-order valence-corrected chi connectivity index (χ0v) is 13.7. The molecule has 2 bridgehead atoms. The van der Waals surface area contributed by atoms with E-state index in [4.69, 9.17) is 9.47 Å². The number of esters is 1. The van der Waals surface area contributed by atoms with Crippen LogP contribution in [0.15, 0.2) is 0 Å². The molecule has 0 spiro atoms. The van der Waals surface area contributed by atoms with Crippen molar-refractivity contribution < 1.29 is 29.3 Å². The topological polar surface area (TPSA) is 93.1 Å². The summed E-state index contributed by atoms with van der Waals surface area (Å²) in [5.41, 5.74) is -1.69. The second kappa shape index (κ2) is 4.35. The van der Waals surface area contributed by atoms with E-state index < -0.39 is 35.1 Å². The number of rotatable bonds is 2. The summed E-state index contributed by atoms with van der Waals surface area (Å²) in [4.78, 5) is 24.5. The predicted octanol–water partition coefficient (Wildman–Crippen LogP) is 0.434. The smallest absolute Gasteiger partial charge is 0.303 e. The van der Waals surface area contributed by atoms with Crippen LogP contribution in [0.5, 0.6) is 0 Å². The number of aliphatic hydroxyl groups excluding tert-OH is 2. The van der Waals surface area contributed by atoms with Gasteiger partial charge in [-0.15, -0.1) is 0 Å². The Morgan fingerprint density at radius 3 is 2.70 bits per heavy atom. The lowest BCUT2D eigenvalue weighted by atomic mass is 9.52. The molecule has 0 radical (unpaired) electrons. The number of aliphatic hydroxyl groups is 2. The summed E-state index contributed by atoms with van der Waals surface area (Å²) in [5, 5.41) is 20.8. The lowest BCUT2D eigenvalue weighted by Crippen LogP contribution is -2.64. The highest BCUT2D eigenvalue weighted by molar-refractivity contribution is 5.95. The van der Waals surface area contributed by atoms with Gasteiger partial charge < -0.3 is 19.7 Å². The zero-order chi connectivity index (χ0) is 16.8. The molecule has 8 atom stereocenters. The molecule has 3 saturated carbocycles. The molecule has 3 aliphatic carbocycles. The fourth-order valence-corrected chi connectivity index (χ4v) is 5.64. The van der Waals surface area contributed by atoms with Crippen LogP contribution in [0.4, 0.5) is 0 Å². The van der Waals surface area contributed by atoms with Gasteiger partial charge in [0.1, 0.15) is 18.3 Å². The van der Waals surface area contributed by atoms with Crippen LogP contribution in [0.3, 0.4) is 0 Å². The highest BCUT2D eigenvalue weighted by Gasteiger charge is 2.79. The summed E-state index contributed by atoms with van der Waals surface area (Å²) in [6.45, 7) is 5.02. The minimum atomic E-state index is -1.17. The third kappa shape index (κ3) is 1.60. The van der Waals surface area contributed by atoms with Crippen molar-refractivity contribution in [2.24, 2.45) is 22.2 Å². The predicted molar refractivity (Wildman–Crippen MR) is 78.3 cm³/mol. The van der Waals surface area contributed by atoms with Crippen LogP contribution in [0.1, 0.15) is 40.0 Å². The molecule has 1 saturated heterocycles. The maximum atomic E-state index is 12.9. The Morgan fingerprint density at radius 2 is 2.09 bits per heavy atom. The van der Waals surface area contributed by atoms with E-state index in [1.54, 1.807) is 6.92 Å². The number of hydrogen-bond donors (Lipinski definition) is 2. The Hall–Kier alpha value is -0.980. The molecule has 23 heavy (non-hydrogen) atoms. The van der Waals surface area contributed by atoms with Gasteiger partial charge in [-0.2, -0.15) is 0 Å². The molecular formula is C17H24O6. The molecule has 4 rings (SSSR count). The Labute approximate surface area is 135 Å². The molecule has 6 nitrogen and oxygen atoms in total. The summed E-state index contributed by atoms with van der Waals surface area (Å²) in [6.07, 6.45) is -0.792. The van der Waals surface area contributed by atoms with Crippen molar-refractivity contribution in [2.45, 2.75) is 64.4 Å². The van der Waals surface area contributed by atoms with Crippen LogP contribution < -0.4 is 0 Å². The summed E-state index contributed by atoms with van der Waals surface area (Å²) >= 11 is 0. The summed E-state index contributed by atoms with van der Waals surface area (Å²) in [7, 11) is 0. The van der Waals surface area contributed by atoms with Crippen LogP contribution >= 0.6 is 0 Å². The highest BCUT2D eigenvalue weighted by Crippen LogP contribution is 2.72. The van der Waals surface area contributed by atoms with Crippen molar-refractivity contribution in [2.75, 3.05) is 6.61 Å². The number of carbonyl (C=O) groups excluding carboxylic acids is 2. The van der Waals surface area contributed by atoms with Crippen LogP contribution in [0.25, 0.3) is 0 Å². The van der Waals surface area contributed by atoms with E-state index >= 15 is 0 Å². The molecular weight excluding hydrogens is 300 g/mol. The van der Waals surface area contributed by atoms with Gasteiger partial charge in [0.2, 0.25) is 0 Å². The molecule has 128 valence electrons. The van der Waals surface area contributed by atoms with Gasteiger partial charge >= 0.3 is 5.97 Å². The average molecular weight is 324 g/mol. The van der Waals surface area contributed by atoms with Gasteiger partial charge in [-0.3, -0.25) is 9.59 Å². The Kier molecular flexibility index (Phi) is 2.94. The third-order valence-electron chi connectivity index (χ3n) is 7.34. The Morgan fingerprint density at radius 1 is 1.39 bits per heavy atom. The lowest BCUT2D eigenvalue weighted by Gasteiger charge is -2.55. The summed E-state index contributed by atoms with van der Waals surface area (Å²) in [6, 6.07) is 0. The molecule has 4 aliphatic rings. The largest absolute Gasteiger partial charge is 0.459 e. The zero-order valence-electron chi connectivity index (χ0n) is 13.7. The normalized spacial score (nSPS) is 56.7. The summed E-state index contributed by atoms with van der Waals surface area (Å²) in [5.74, 6) is -0.486. The first-order valence-electron chi connectivity index (χ1n) is 8.37. The number of Topliss-reactive ketones (excluding diaryl/α,β-unsaturated/α-hetero) is 1. The second-order valence-electron chi connectivity index (χ2n) is 8.34. The quantitative estimate of drug-likeness (QED) is 0.716. The van der Waals surface area contributed by atoms with Crippen molar-refractivity contribution >= 4 is 11.8 Å². The molecule has 1 heterocycles. The van der Waals surface area contributed by atoms with Crippen molar-refractivity contribution in [3.8, 4) is 0 Å². The van der Waals surface area contributed by atoms with Crippen molar-refractivity contribution in [1.29, 1.82) is 0 Å². The minimum absolute atomic E-state index is 0.205. The van der Waals surface area contributed by atoms with E-state index in [0.717, 1.165) is 12.8 Å². The Bertz CT molecular complexity index is 590. The molecule has 0 amide bonds. The fourth-order valence-electron chi connectivity index (χ4n) is 5.64. The van der Waals surface area contributed by atoms with Crippen LogP contribution in [-0.2, 0) is 19.1 Å². The summed E-state index contributed by atoms with van der Waals surface area (Å²) < 4.78 is 11.4. The Balaban J connectivity index is 1.83. The third-order valence-corrected chi connectivity index (χ3v) is 7.34. The number of ketones is 1.